The lowest BCUT2D eigenvalue weighted by atomic mass is 10.1. The van der Waals surface area contributed by atoms with Crippen molar-refractivity contribution in [2.24, 2.45) is 10.9 Å². The van der Waals surface area contributed by atoms with Crippen molar-refractivity contribution >= 4 is 35.2 Å². The number of hydrogen-bond acceptors (Lipinski definition) is 1. The lowest BCUT2D eigenvalue weighted by molar-refractivity contribution is -0.119. The maximum absolute atomic E-state index is 11.4. The van der Waals surface area contributed by atoms with Gasteiger partial charge in [-0.25, -0.2) is 4.99 Å². The Hall–Kier alpha value is -0.860. The van der Waals surface area contributed by atoms with Gasteiger partial charge in [-0.15, -0.1) is 11.6 Å². The minimum Gasteiger partial charge on any atom is -0.272 e. The lowest BCUT2D eigenvalue weighted by Gasteiger charge is -2.07. The number of carbonyl (C=O) groups is 1. The minimum atomic E-state index is -0.317. The molecule has 0 saturated carbocycles. The monoisotopic (exact) mass is 227 g/mol. The van der Waals surface area contributed by atoms with E-state index in [4.69, 9.17) is 23.2 Å². The highest BCUT2D eigenvalue weighted by Crippen LogP contribution is 2.07. The van der Waals surface area contributed by atoms with E-state index in [-0.39, 0.29) is 17.7 Å². The molecule has 72 valence electrons. The smallest absolute Gasteiger partial charge is 0.254 e. The van der Waals surface area contributed by atoms with Crippen LogP contribution in [0.15, 0.2) is 23.2 Å². The predicted molar refractivity (Wildman–Crippen MR) is 55.9 cm³/mol. The third-order valence-corrected chi connectivity index (χ3v) is 2.65. The molecule has 1 heterocycles. The first-order valence-corrected chi connectivity index (χ1v) is 5.08. The topological polar surface area (TPSA) is 29.4 Å². The molecule has 0 fully saturated rings. The summed E-state index contributed by atoms with van der Waals surface area (Å²) in [5.74, 6) is -0.244. The van der Waals surface area contributed by atoms with Crippen LogP contribution in [-0.4, -0.2) is 11.8 Å². The van der Waals surface area contributed by atoms with Gasteiger partial charge >= 0.3 is 0 Å². The molecular formula is C10H7Cl2NO. The molecule has 0 aliphatic carbocycles. The summed E-state index contributed by atoms with van der Waals surface area (Å²) in [5, 5.41) is 2.18. The number of nitrogens with zero attached hydrogens (tertiary/aromatic N) is 1. The molecule has 14 heavy (non-hydrogen) atoms. The number of hydrogen-bond donors (Lipinski definition) is 0. The van der Waals surface area contributed by atoms with Gasteiger partial charge in [-0.05, 0) is 23.4 Å². The molecule has 0 aromatic heterocycles. The second-order valence-corrected chi connectivity index (χ2v) is 3.83. The van der Waals surface area contributed by atoms with Crippen molar-refractivity contribution in [3.8, 4) is 0 Å². The SMILES string of the molecule is O=C1N=c2ccc(Cl)cc2=CC1CCl. The normalized spacial score (nSPS) is 19.6. The number of amides is 1. The zero-order valence-corrected chi connectivity index (χ0v) is 8.72. The zero-order chi connectivity index (χ0) is 10.1. The molecule has 0 N–H and O–H groups in total. The molecule has 1 aromatic carbocycles. The third-order valence-electron chi connectivity index (χ3n) is 2.08. The van der Waals surface area contributed by atoms with Crippen LogP contribution in [0.25, 0.3) is 6.08 Å². The molecule has 1 unspecified atom stereocenters. The number of fused-ring (bicyclic) bond motifs is 1. The van der Waals surface area contributed by atoms with Crippen LogP contribution < -0.4 is 10.6 Å². The fourth-order valence-electron chi connectivity index (χ4n) is 1.36. The molecule has 1 aliphatic heterocycles. The molecular weight excluding hydrogens is 221 g/mol. The summed E-state index contributed by atoms with van der Waals surface area (Å²) in [7, 11) is 0. The highest BCUT2D eigenvalue weighted by molar-refractivity contribution is 6.30. The number of alkyl halides is 1. The van der Waals surface area contributed by atoms with Gasteiger partial charge in [0.2, 0.25) is 0 Å². The van der Waals surface area contributed by atoms with Gasteiger partial charge < -0.3 is 0 Å². The van der Waals surface area contributed by atoms with E-state index in [0.717, 1.165) is 5.22 Å². The van der Waals surface area contributed by atoms with E-state index in [2.05, 4.69) is 4.99 Å². The van der Waals surface area contributed by atoms with Crippen LogP contribution in [0.1, 0.15) is 0 Å². The predicted octanol–water partition coefficient (Wildman–Crippen LogP) is 1.14. The fourth-order valence-corrected chi connectivity index (χ4v) is 1.76. The van der Waals surface area contributed by atoms with Crippen LogP contribution in [0.5, 0.6) is 0 Å². The van der Waals surface area contributed by atoms with Gasteiger partial charge in [0.25, 0.3) is 5.91 Å². The summed E-state index contributed by atoms with van der Waals surface area (Å²) in [6, 6.07) is 5.23. The van der Waals surface area contributed by atoms with Gasteiger partial charge in [0.05, 0.1) is 11.3 Å². The van der Waals surface area contributed by atoms with Crippen molar-refractivity contribution in [3.63, 3.8) is 0 Å². The molecule has 2 rings (SSSR count). The Balaban J connectivity index is 2.67. The van der Waals surface area contributed by atoms with E-state index in [1.54, 1.807) is 18.2 Å². The Morgan fingerprint density at radius 3 is 2.93 bits per heavy atom. The van der Waals surface area contributed by atoms with E-state index < -0.39 is 0 Å². The quantitative estimate of drug-likeness (QED) is 0.662. The molecule has 0 saturated heterocycles. The Morgan fingerprint density at radius 2 is 2.21 bits per heavy atom. The number of halogens is 2. The van der Waals surface area contributed by atoms with Crippen molar-refractivity contribution in [2.75, 3.05) is 5.88 Å². The Bertz CT molecular complexity index is 495. The molecule has 1 aromatic rings. The minimum absolute atomic E-state index is 0.185. The first-order chi connectivity index (χ1) is 6.70. The Morgan fingerprint density at radius 1 is 1.43 bits per heavy atom. The molecule has 1 atom stereocenters. The third kappa shape index (κ3) is 1.68. The zero-order valence-electron chi connectivity index (χ0n) is 7.21. The first-order valence-electron chi connectivity index (χ1n) is 4.16. The second kappa shape index (κ2) is 3.71. The fraction of sp³-hybridized carbons (Fsp3) is 0.200. The van der Waals surface area contributed by atoms with Crippen LogP contribution in [0.3, 0.4) is 0 Å². The number of carbonyl (C=O) groups excluding carboxylic acids is 1. The molecule has 0 bridgehead atoms. The van der Waals surface area contributed by atoms with Crippen molar-refractivity contribution in [1.29, 1.82) is 0 Å². The highest BCUT2D eigenvalue weighted by atomic mass is 35.5. The first kappa shape index (κ1) is 9.69. The molecule has 0 radical (unpaired) electrons. The summed E-state index contributed by atoms with van der Waals surface area (Å²) in [4.78, 5) is 15.3. The average molecular weight is 228 g/mol. The largest absolute Gasteiger partial charge is 0.272 e. The molecule has 2 nitrogen and oxygen atoms in total. The van der Waals surface area contributed by atoms with Crippen molar-refractivity contribution in [1.82, 2.24) is 0 Å². The highest BCUT2D eigenvalue weighted by Gasteiger charge is 2.16. The summed E-state index contributed by atoms with van der Waals surface area (Å²) in [6.07, 6.45) is 1.81. The van der Waals surface area contributed by atoms with Crippen LogP contribution in [0.4, 0.5) is 0 Å². The second-order valence-electron chi connectivity index (χ2n) is 3.08. The van der Waals surface area contributed by atoms with Crippen LogP contribution in [-0.2, 0) is 4.79 Å². The van der Waals surface area contributed by atoms with Crippen molar-refractivity contribution in [2.45, 2.75) is 0 Å². The summed E-state index contributed by atoms with van der Waals surface area (Å²) < 4.78 is 0. The van der Waals surface area contributed by atoms with Crippen molar-refractivity contribution < 1.29 is 4.79 Å². The molecule has 4 heteroatoms. The van der Waals surface area contributed by atoms with Crippen LogP contribution in [0.2, 0.25) is 5.02 Å². The van der Waals surface area contributed by atoms with Gasteiger partial charge in [-0.1, -0.05) is 17.7 Å². The summed E-state index contributed by atoms with van der Waals surface area (Å²) in [6.45, 7) is 0. The van der Waals surface area contributed by atoms with E-state index in [1.165, 1.54) is 0 Å². The average Bonchev–Trinajstić information content (AvgIpc) is 2.17. The van der Waals surface area contributed by atoms with Gasteiger partial charge in [-0.3, -0.25) is 4.79 Å². The Labute approximate surface area is 90.9 Å². The van der Waals surface area contributed by atoms with Crippen LogP contribution in [0, 0.1) is 5.92 Å². The maximum Gasteiger partial charge on any atom is 0.254 e. The lowest BCUT2D eigenvalue weighted by Crippen LogP contribution is -2.34. The van der Waals surface area contributed by atoms with E-state index in [9.17, 15) is 4.79 Å². The van der Waals surface area contributed by atoms with Crippen molar-refractivity contribution in [3.05, 3.63) is 33.8 Å². The van der Waals surface area contributed by atoms with Crippen LogP contribution >= 0.6 is 23.2 Å². The van der Waals surface area contributed by atoms with E-state index in [0.29, 0.717) is 10.4 Å². The molecule has 0 spiro atoms. The van der Waals surface area contributed by atoms with Gasteiger partial charge in [0, 0.05) is 10.9 Å². The van der Waals surface area contributed by atoms with Gasteiger partial charge in [0.15, 0.2) is 0 Å². The summed E-state index contributed by atoms with van der Waals surface area (Å²) >= 11 is 11.5. The van der Waals surface area contributed by atoms with E-state index in [1.807, 2.05) is 6.08 Å². The van der Waals surface area contributed by atoms with Gasteiger partial charge in [-0.2, -0.15) is 0 Å². The molecule has 1 aliphatic rings. The number of rotatable bonds is 1. The van der Waals surface area contributed by atoms with Gasteiger partial charge in [0.1, 0.15) is 0 Å². The molecule has 1 amide bonds. The maximum atomic E-state index is 11.4. The number of benzene rings is 1. The standard InChI is InChI=1S/C10H7Cl2NO/c11-5-7-3-6-4-8(12)1-2-9(6)13-10(7)14/h1-4,7H,5H2. The van der Waals surface area contributed by atoms with E-state index >= 15 is 0 Å². The summed E-state index contributed by atoms with van der Waals surface area (Å²) in [5.41, 5.74) is 0. The Kier molecular flexibility index (Phi) is 2.57.